The van der Waals surface area contributed by atoms with Crippen LogP contribution >= 0.6 is 0 Å². The molecule has 6 nitrogen and oxygen atoms in total. The molecule has 7 heteroatoms. The molecule has 1 N–H and O–H groups in total. The van der Waals surface area contributed by atoms with Crippen LogP contribution in [0.15, 0.2) is 29.3 Å². The molecule has 0 radical (unpaired) electrons. The molecular formula is C13H14N2O4S. The van der Waals surface area contributed by atoms with Gasteiger partial charge in [-0.2, -0.15) is 17.6 Å². The predicted octanol–water partition coefficient (Wildman–Crippen LogP) is 1.74. The van der Waals surface area contributed by atoms with Gasteiger partial charge in [0.05, 0.1) is 4.90 Å². The number of aromatic nitrogens is 2. The minimum absolute atomic E-state index is 0.126. The summed E-state index contributed by atoms with van der Waals surface area (Å²) in [5, 5.41) is 12.4. The van der Waals surface area contributed by atoms with Crippen molar-refractivity contribution in [2.24, 2.45) is 0 Å². The number of aryl methyl sites for hydroxylation is 3. The van der Waals surface area contributed by atoms with Gasteiger partial charge in [0.2, 0.25) is 0 Å². The number of hydrogen-bond acceptors (Lipinski definition) is 4. The van der Waals surface area contributed by atoms with Crippen molar-refractivity contribution in [1.82, 2.24) is 9.19 Å². The Morgan fingerprint density at radius 3 is 2.30 bits per heavy atom. The van der Waals surface area contributed by atoms with Gasteiger partial charge in [0.15, 0.2) is 5.69 Å². The number of rotatable bonds is 3. The highest BCUT2D eigenvalue weighted by Crippen LogP contribution is 2.22. The van der Waals surface area contributed by atoms with Crippen LogP contribution in [0.5, 0.6) is 0 Å². The maximum Gasteiger partial charge on any atom is 0.356 e. The van der Waals surface area contributed by atoms with Gasteiger partial charge in [-0.3, -0.25) is 0 Å². The van der Waals surface area contributed by atoms with Gasteiger partial charge in [-0.1, -0.05) is 6.07 Å². The summed E-state index contributed by atoms with van der Waals surface area (Å²) in [6.07, 6.45) is 1.13. The number of carbonyl (C=O) groups is 1. The fraction of sp³-hybridized carbons (Fsp3) is 0.231. The molecule has 0 amide bonds. The minimum atomic E-state index is -3.88. The fourth-order valence-electron chi connectivity index (χ4n) is 1.87. The lowest BCUT2D eigenvalue weighted by molar-refractivity contribution is 0.0690. The lowest BCUT2D eigenvalue weighted by atomic mass is 10.1. The Labute approximate surface area is 116 Å². The van der Waals surface area contributed by atoms with Crippen LogP contribution in [0.2, 0.25) is 0 Å². The molecule has 0 aliphatic rings. The molecule has 0 unspecified atom stereocenters. The van der Waals surface area contributed by atoms with Gasteiger partial charge in [0.25, 0.3) is 10.0 Å². The molecule has 0 bridgehead atoms. The Hall–Kier alpha value is -2.15. The van der Waals surface area contributed by atoms with E-state index < -0.39 is 16.0 Å². The van der Waals surface area contributed by atoms with E-state index in [2.05, 4.69) is 5.10 Å². The SMILES string of the molecule is Cc1cc(C)c(S(=O)(=O)n2ccc(C(=O)O)n2)cc1C. The topological polar surface area (TPSA) is 89.3 Å². The van der Waals surface area contributed by atoms with Crippen LogP contribution in [0.1, 0.15) is 27.2 Å². The van der Waals surface area contributed by atoms with Gasteiger partial charge in [-0.15, -0.1) is 0 Å². The van der Waals surface area contributed by atoms with Gasteiger partial charge in [-0.25, -0.2) is 4.79 Å². The van der Waals surface area contributed by atoms with Crippen LogP contribution in [0.4, 0.5) is 0 Å². The average Bonchev–Trinajstić information content (AvgIpc) is 2.83. The summed E-state index contributed by atoms with van der Waals surface area (Å²) in [5.41, 5.74) is 2.13. The number of hydrogen-bond donors (Lipinski definition) is 1. The first-order valence-electron chi connectivity index (χ1n) is 5.86. The van der Waals surface area contributed by atoms with Crippen molar-refractivity contribution in [3.63, 3.8) is 0 Å². The van der Waals surface area contributed by atoms with Gasteiger partial charge < -0.3 is 5.11 Å². The van der Waals surface area contributed by atoms with Gasteiger partial charge in [0, 0.05) is 6.20 Å². The largest absolute Gasteiger partial charge is 0.476 e. The first-order chi connectivity index (χ1) is 9.23. The van der Waals surface area contributed by atoms with Crippen LogP contribution in [0, 0.1) is 20.8 Å². The summed E-state index contributed by atoms with van der Waals surface area (Å²) in [4.78, 5) is 10.9. The molecule has 2 aromatic rings. The van der Waals surface area contributed by atoms with Gasteiger partial charge in [0.1, 0.15) is 0 Å². The van der Waals surface area contributed by atoms with E-state index in [1.807, 2.05) is 13.8 Å². The number of nitrogens with zero attached hydrogens (tertiary/aromatic N) is 2. The van der Waals surface area contributed by atoms with Crippen LogP contribution in [-0.4, -0.2) is 28.7 Å². The van der Waals surface area contributed by atoms with Crippen molar-refractivity contribution in [1.29, 1.82) is 0 Å². The highest BCUT2D eigenvalue weighted by Gasteiger charge is 2.22. The number of carboxylic acids is 1. The number of carboxylic acid groups (broad SMARTS) is 1. The Morgan fingerprint density at radius 2 is 1.75 bits per heavy atom. The predicted molar refractivity (Wildman–Crippen MR) is 72.4 cm³/mol. The van der Waals surface area contributed by atoms with E-state index in [0.717, 1.165) is 23.4 Å². The van der Waals surface area contributed by atoms with Crippen LogP contribution < -0.4 is 0 Å². The van der Waals surface area contributed by atoms with E-state index in [0.29, 0.717) is 9.65 Å². The molecule has 2 rings (SSSR count). The van der Waals surface area contributed by atoms with Crippen molar-refractivity contribution in [3.8, 4) is 0 Å². The molecule has 0 atom stereocenters. The summed E-state index contributed by atoms with van der Waals surface area (Å²) in [5.74, 6) is -1.27. The van der Waals surface area contributed by atoms with Crippen molar-refractivity contribution in [3.05, 3.63) is 46.8 Å². The first-order valence-corrected chi connectivity index (χ1v) is 7.30. The van der Waals surface area contributed by atoms with Crippen molar-refractivity contribution in [2.75, 3.05) is 0 Å². The van der Waals surface area contributed by atoms with E-state index in [1.54, 1.807) is 19.1 Å². The lowest BCUT2D eigenvalue weighted by Gasteiger charge is -2.10. The monoisotopic (exact) mass is 294 g/mol. The summed E-state index contributed by atoms with van der Waals surface area (Å²) >= 11 is 0. The van der Waals surface area contributed by atoms with Crippen molar-refractivity contribution < 1.29 is 18.3 Å². The van der Waals surface area contributed by atoms with Crippen LogP contribution in [0.25, 0.3) is 0 Å². The molecule has 0 spiro atoms. The smallest absolute Gasteiger partial charge is 0.356 e. The number of aromatic carboxylic acids is 1. The maximum atomic E-state index is 12.5. The van der Waals surface area contributed by atoms with Crippen LogP contribution in [-0.2, 0) is 10.0 Å². The standard InChI is InChI=1S/C13H14N2O4S/c1-8-6-10(3)12(7-9(8)2)20(18,19)15-5-4-11(14-15)13(16)17/h4-7H,1-3H3,(H,16,17). The second-order valence-electron chi connectivity index (χ2n) is 4.59. The van der Waals surface area contributed by atoms with E-state index >= 15 is 0 Å². The van der Waals surface area contributed by atoms with Gasteiger partial charge in [-0.05, 0) is 49.6 Å². The third-order valence-electron chi connectivity index (χ3n) is 3.10. The normalized spacial score (nSPS) is 11.6. The minimum Gasteiger partial charge on any atom is -0.476 e. The summed E-state index contributed by atoms with van der Waals surface area (Å²) in [6.45, 7) is 5.41. The molecular weight excluding hydrogens is 280 g/mol. The Balaban J connectivity index is 2.60. The Bertz CT molecular complexity index is 791. The molecule has 0 aliphatic heterocycles. The zero-order valence-electron chi connectivity index (χ0n) is 11.3. The second-order valence-corrected chi connectivity index (χ2v) is 6.35. The van der Waals surface area contributed by atoms with Gasteiger partial charge >= 0.3 is 5.97 Å². The summed E-state index contributed by atoms with van der Waals surface area (Å²) in [6, 6.07) is 4.50. The lowest BCUT2D eigenvalue weighted by Crippen LogP contribution is -2.16. The molecule has 1 aromatic heterocycles. The highest BCUT2D eigenvalue weighted by atomic mass is 32.2. The highest BCUT2D eigenvalue weighted by molar-refractivity contribution is 7.89. The van der Waals surface area contributed by atoms with Crippen LogP contribution in [0.3, 0.4) is 0 Å². The Morgan fingerprint density at radius 1 is 1.15 bits per heavy atom. The molecule has 1 aromatic carbocycles. The summed E-state index contributed by atoms with van der Waals surface area (Å²) in [7, 11) is -3.88. The average molecular weight is 294 g/mol. The fourth-order valence-corrected chi connectivity index (χ4v) is 3.28. The number of benzene rings is 1. The molecule has 0 aliphatic carbocycles. The molecule has 0 saturated heterocycles. The zero-order valence-corrected chi connectivity index (χ0v) is 12.1. The van der Waals surface area contributed by atoms with E-state index in [-0.39, 0.29) is 10.6 Å². The second kappa shape index (κ2) is 4.75. The van der Waals surface area contributed by atoms with E-state index in [4.69, 9.17) is 5.11 Å². The summed E-state index contributed by atoms with van der Waals surface area (Å²) < 4.78 is 25.6. The molecule has 20 heavy (non-hydrogen) atoms. The molecule has 0 fully saturated rings. The molecule has 106 valence electrons. The molecule has 1 heterocycles. The Kier molecular flexibility index (Phi) is 3.39. The zero-order chi connectivity index (χ0) is 15.1. The first kappa shape index (κ1) is 14.3. The van der Waals surface area contributed by atoms with Crippen molar-refractivity contribution >= 4 is 16.0 Å². The van der Waals surface area contributed by atoms with E-state index in [1.165, 1.54) is 0 Å². The quantitative estimate of drug-likeness (QED) is 0.931. The maximum absolute atomic E-state index is 12.5. The third-order valence-corrected chi connectivity index (χ3v) is 4.79. The third kappa shape index (κ3) is 2.32. The van der Waals surface area contributed by atoms with E-state index in [9.17, 15) is 13.2 Å². The van der Waals surface area contributed by atoms with Crippen molar-refractivity contribution in [2.45, 2.75) is 25.7 Å². The molecule has 0 saturated carbocycles.